The number of ketones is 2. The molecule has 1 aromatic heterocycles. The van der Waals surface area contributed by atoms with Crippen molar-refractivity contribution in [2.45, 2.75) is 13.3 Å². The summed E-state index contributed by atoms with van der Waals surface area (Å²) >= 11 is 1.26. The number of Topliss-reactive ketones (excluding diaryl/α,β-unsaturated/α-hetero) is 2. The number of hydrogen-bond acceptors (Lipinski definition) is 4. The highest BCUT2D eigenvalue weighted by Crippen LogP contribution is 2.12. The van der Waals surface area contributed by atoms with Gasteiger partial charge in [0.15, 0.2) is 11.6 Å². The maximum absolute atomic E-state index is 11.8. The van der Waals surface area contributed by atoms with Gasteiger partial charge in [-0.15, -0.1) is 11.3 Å². The summed E-state index contributed by atoms with van der Waals surface area (Å²) < 4.78 is 0. The van der Waals surface area contributed by atoms with Crippen LogP contribution in [0, 0.1) is 6.92 Å². The Labute approximate surface area is 103 Å². The monoisotopic (exact) mass is 245 g/mol. The number of hydrogen-bond donors (Lipinski definition) is 0. The van der Waals surface area contributed by atoms with E-state index in [1.165, 1.54) is 17.5 Å². The quantitative estimate of drug-likeness (QED) is 0.614. The standard InChI is InChI=1S/C13H11NO2S/c1-9-2-4-10(5-3-9)11(15)6-12(16)13-7-14-8-17-13/h2-5,7-8H,6H2,1H3. The van der Waals surface area contributed by atoms with Crippen LogP contribution < -0.4 is 0 Å². The van der Waals surface area contributed by atoms with Crippen molar-refractivity contribution in [2.24, 2.45) is 0 Å². The van der Waals surface area contributed by atoms with E-state index >= 15 is 0 Å². The molecule has 2 aromatic rings. The molecule has 0 saturated heterocycles. The molecule has 0 amide bonds. The maximum atomic E-state index is 11.8. The summed E-state index contributed by atoms with van der Waals surface area (Å²) in [6.07, 6.45) is 1.40. The molecule has 86 valence electrons. The highest BCUT2D eigenvalue weighted by molar-refractivity contribution is 7.11. The first-order valence-electron chi connectivity index (χ1n) is 5.18. The predicted molar refractivity (Wildman–Crippen MR) is 66.6 cm³/mol. The number of benzene rings is 1. The molecule has 0 fully saturated rings. The number of nitrogens with zero attached hydrogens (tertiary/aromatic N) is 1. The van der Waals surface area contributed by atoms with Gasteiger partial charge in [0.1, 0.15) is 0 Å². The fourth-order valence-electron chi connectivity index (χ4n) is 1.43. The Morgan fingerprint density at radius 3 is 2.47 bits per heavy atom. The van der Waals surface area contributed by atoms with E-state index in [-0.39, 0.29) is 18.0 Å². The van der Waals surface area contributed by atoms with Gasteiger partial charge >= 0.3 is 0 Å². The molecular weight excluding hydrogens is 234 g/mol. The number of aryl methyl sites for hydroxylation is 1. The average Bonchev–Trinajstić information content (AvgIpc) is 2.83. The van der Waals surface area contributed by atoms with Crippen LogP contribution in [0.5, 0.6) is 0 Å². The SMILES string of the molecule is Cc1ccc(C(=O)CC(=O)c2cncs2)cc1. The summed E-state index contributed by atoms with van der Waals surface area (Å²) in [6.45, 7) is 1.96. The summed E-state index contributed by atoms with van der Waals surface area (Å²) in [5.74, 6) is -0.318. The summed E-state index contributed by atoms with van der Waals surface area (Å²) in [6, 6.07) is 7.23. The van der Waals surface area contributed by atoms with Crippen LogP contribution in [-0.4, -0.2) is 16.6 Å². The molecule has 0 atom stereocenters. The van der Waals surface area contributed by atoms with Crippen molar-refractivity contribution >= 4 is 22.9 Å². The summed E-state index contributed by atoms with van der Waals surface area (Å²) in [7, 11) is 0. The van der Waals surface area contributed by atoms with Gasteiger partial charge in [-0.3, -0.25) is 14.6 Å². The Kier molecular flexibility index (Phi) is 3.44. The van der Waals surface area contributed by atoms with Gasteiger partial charge in [-0.1, -0.05) is 29.8 Å². The van der Waals surface area contributed by atoms with Crippen LogP contribution >= 0.6 is 11.3 Å². The molecule has 0 spiro atoms. The molecule has 1 aromatic carbocycles. The lowest BCUT2D eigenvalue weighted by molar-refractivity contribution is 0.0896. The third-order valence-corrected chi connectivity index (χ3v) is 3.22. The van der Waals surface area contributed by atoms with Crippen molar-refractivity contribution in [3.63, 3.8) is 0 Å². The predicted octanol–water partition coefficient (Wildman–Crippen LogP) is 2.91. The van der Waals surface area contributed by atoms with Crippen LogP contribution in [0.25, 0.3) is 0 Å². The Morgan fingerprint density at radius 1 is 1.18 bits per heavy atom. The van der Waals surface area contributed by atoms with Gasteiger partial charge in [0.05, 0.1) is 16.8 Å². The van der Waals surface area contributed by atoms with E-state index in [1.54, 1.807) is 17.6 Å². The third-order valence-electron chi connectivity index (χ3n) is 2.40. The molecule has 0 aliphatic carbocycles. The van der Waals surface area contributed by atoms with Gasteiger partial charge in [0, 0.05) is 11.8 Å². The van der Waals surface area contributed by atoms with Gasteiger partial charge < -0.3 is 0 Å². The zero-order valence-electron chi connectivity index (χ0n) is 9.34. The summed E-state index contributed by atoms with van der Waals surface area (Å²) in [5, 5.41) is 0. The second-order valence-electron chi connectivity index (χ2n) is 3.75. The first-order valence-corrected chi connectivity index (χ1v) is 6.06. The third kappa shape index (κ3) is 2.85. The molecule has 0 bridgehead atoms. The highest BCUT2D eigenvalue weighted by Gasteiger charge is 2.14. The van der Waals surface area contributed by atoms with Crippen LogP contribution in [0.4, 0.5) is 0 Å². The second-order valence-corrected chi connectivity index (χ2v) is 4.64. The maximum Gasteiger partial charge on any atom is 0.182 e. The zero-order valence-corrected chi connectivity index (χ0v) is 10.2. The Hall–Kier alpha value is -1.81. The normalized spacial score (nSPS) is 10.2. The fraction of sp³-hybridized carbons (Fsp3) is 0.154. The molecule has 2 rings (SSSR count). The second kappa shape index (κ2) is 5.01. The van der Waals surface area contributed by atoms with Gasteiger partial charge in [-0.2, -0.15) is 0 Å². The molecule has 0 radical (unpaired) electrons. The largest absolute Gasteiger partial charge is 0.294 e. The summed E-state index contributed by atoms with van der Waals surface area (Å²) in [5.41, 5.74) is 3.26. The Bertz CT molecular complexity index is 529. The van der Waals surface area contributed by atoms with E-state index < -0.39 is 0 Å². The van der Waals surface area contributed by atoms with Crippen molar-refractivity contribution in [1.29, 1.82) is 0 Å². The molecule has 4 heteroatoms. The topological polar surface area (TPSA) is 47.0 Å². The summed E-state index contributed by atoms with van der Waals surface area (Å²) in [4.78, 5) is 27.9. The van der Waals surface area contributed by atoms with Crippen LogP contribution in [0.2, 0.25) is 0 Å². The molecule has 1 heterocycles. The van der Waals surface area contributed by atoms with E-state index in [0.717, 1.165) is 5.56 Å². The van der Waals surface area contributed by atoms with E-state index in [2.05, 4.69) is 4.98 Å². The number of thiazole rings is 1. The average molecular weight is 245 g/mol. The van der Waals surface area contributed by atoms with Crippen LogP contribution in [0.1, 0.15) is 32.0 Å². The van der Waals surface area contributed by atoms with Gasteiger partial charge in [0.2, 0.25) is 0 Å². The fourth-order valence-corrected chi connectivity index (χ4v) is 1.99. The number of carbonyl (C=O) groups excluding carboxylic acids is 2. The highest BCUT2D eigenvalue weighted by atomic mass is 32.1. The van der Waals surface area contributed by atoms with Crippen molar-refractivity contribution in [1.82, 2.24) is 4.98 Å². The lowest BCUT2D eigenvalue weighted by Gasteiger charge is -2.00. The van der Waals surface area contributed by atoms with Crippen molar-refractivity contribution in [2.75, 3.05) is 0 Å². The van der Waals surface area contributed by atoms with Gasteiger partial charge in [-0.25, -0.2) is 0 Å². The van der Waals surface area contributed by atoms with Crippen LogP contribution in [-0.2, 0) is 0 Å². The molecule has 17 heavy (non-hydrogen) atoms. The molecule has 0 unspecified atom stereocenters. The minimum atomic E-state index is -0.168. The molecule has 0 aliphatic heterocycles. The lowest BCUT2D eigenvalue weighted by Crippen LogP contribution is -2.07. The molecule has 3 nitrogen and oxygen atoms in total. The smallest absolute Gasteiger partial charge is 0.182 e. The molecule has 0 aliphatic rings. The van der Waals surface area contributed by atoms with Crippen molar-refractivity contribution < 1.29 is 9.59 Å². The lowest BCUT2D eigenvalue weighted by atomic mass is 10.0. The molecular formula is C13H11NO2S. The van der Waals surface area contributed by atoms with Gasteiger partial charge in [-0.05, 0) is 6.92 Å². The van der Waals surface area contributed by atoms with Crippen molar-refractivity contribution in [3.8, 4) is 0 Å². The molecule has 0 saturated carbocycles. The minimum absolute atomic E-state index is 0.0920. The van der Waals surface area contributed by atoms with Crippen LogP contribution in [0.15, 0.2) is 36.0 Å². The van der Waals surface area contributed by atoms with E-state index in [0.29, 0.717) is 10.4 Å². The van der Waals surface area contributed by atoms with E-state index in [9.17, 15) is 9.59 Å². The number of aromatic nitrogens is 1. The van der Waals surface area contributed by atoms with Gasteiger partial charge in [0.25, 0.3) is 0 Å². The number of rotatable bonds is 4. The van der Waals surface area contributed by atoms with E-state index in [4.69, 9.17) is 0 Å². The first-order chi connectivity index (χ1) is 8.16. The van der Waals surface area contributed by atoms with E-state index in [1.807, 2.05) is 19.1 Å². The number of carbonyl (C=O) groups is 2. The Balaban J connectivity index is 2.07. The minimum Gasteiger partial charge on any atom is -0.294 e. The van der Waals surface area contributed by atoms with Crippen molar-refractivity contribution in [3.05, 3.63) is 52.0 Å². The molecule has 0 N–H and O–H groups in total. The van der Waals surface area contributed by atoms with Crippen LogP contribution in [0.3, 0.4) is 0 Å². The zero-order chi connectivity index (χ0) is 12.3. The first kappa shape index (κ1) is 11.7. The Morgan fingerprint density at radius 2 is 1.88 bits per heavy atom.